The molecule has 0 aliphatic heterocycles. The number of carbonyl (C=O) groups excluding carboxylic acids is 1. The van der Waals surface area contributed by atoms with Crippen molar-refractivity contribution in [1.82, 2.24) is 15.3 Å². The lowest BCUT2D eigenvalue weighted by atomic mass is 10.1. The van der Waals surface area contributed by atoms with Gasteiger partial charge in [-0.15, -0.1) is 0 Å². The van der Waals surface area contributed by atoms with Crippen LogP contribution in [0.5, 0.6) is 11.5 Å². The molecule has 0 aliphatic rings. The normalized spacial score (nSPS) is 12.0. The number of rotatable bonds is 7. The number of H-pyrrole nitrogens is 1. The van der Waals surface area contributed by atoms with Gasteiger partial charge in [-0.25, -0.2) is 4.98 Å². The summed E-state index contributed by atoms with van der Waals surface area (Å²) in [4.78, 5) is 20.1. The van der Waals surface area contributed by atoms with E-state index in [1.807, 2.05) is 49.4 Å². The van der Waals surface area contributed by atoms with E-state index >= 15 is 0 Å². The summed E-state index contributed by atoms with van der Waals surface area (Å²) in [6.07, 6.45) is 0.979. The highest BCUT2D eigenvalue weighted by Gasteiger charge is 2.14. The molecule has 0 saturated heterocycles. The second-order valence-corrected chi connectivity index (χ2v) is 6.15. The number of hydrogen-bond acceptors (Lipinski definition) is 4. The first-order valence-corrected chi connectivity index (χ1v) is 8.55. The minimum absolute atomic E-state index is 0.0280. The van der Waals surface area contributed by atoms with Gasteiger partial charge in [0.1, 0.15) is 17.3 Å². The van der Waals surface area contributed by atoms with Gasteiger partial charge in [0.05, 0.1) is 31.3 Å². The monoisotopic (exact) mass is 353 g/mol. The molecular weight excluding hydrogens is 330 g/mol. The Bertz CT molecular complexity index is 849. The van der Waals surface area contributed by atoms with Gasteiger partial charge in [0, 0.05) is 12.5 Å². The van der Waals surface area contributed by atoms with E-state index in [2.05, 4.69) is 15.3 Å². The molecule has 1 amide bonds. The molecule has 1 heterocycles. The molecule has 0 radical (unpaired) electrons. The zero-order valence-corrected chi connectivity index (χ0v) is 15.2. The quantitative estimate of drug-likeness (QED) is 0.683. The van der Waals surface area contributed by atoms with Crippen LogP contribution in [-0.2, 0) is 11.2 Å². The van der Waals surface area contributed by atoms with Gasteiger partial charge in [-0.05, 0) is 43.2 Å². The molecule has 2 aromatic carbocycles. The molecule has 0 aliphatic carbocycles. The fraction of sp³-hybridized carbons (Fsp3) is 0.300. The molecule has 3 aromatic rings. The number of amides is 1. The average Bonchev–Trinajstić information content (AvgIpc) is 3.10. The van der Waals surface area contributed by atoms with E-state index in [9.17, 15) is 4.79 Å². The highest BCUT2D eigenvalue weighted by Crippen LogP contribution is 2.23. The van der Waals surface area contributed by atoms with E-state index in [1.54, 1.807) is 14.2 Å². The van der Waals surface area contributed by atoms with Gasteiger partial charge in [0.25, 0.3) is 0 Å². The Morgan fingerprint density at radius 2 is 1.85 bits per heavy atom. The first-order chi connectivity index (χ1) is 12.6. The highest BCUT2D eigenvalue weighted by atomic mass is 16.5. The van der Waals surface area contributed by atoms with Crippen LogP contribution in [0.25, 0.3) is 11.0 Å². The van der Waals surface area contributed by atoms with Gasteiger partial charge in [-0.3, -0.25) is 4.79 Å². The molecule has 0 fully saturated rings. The second kappa shape index (κ2) is 7.91. The predicted octanol–water partition coefficient (Wildman–Crippen LogP) is 3.39. The lowest BCUT2D eigenvalue weighted by Gasteiger charge is -2.12. The number of benzene rings is 2. The van der Waals surface area contributed by atoms with Crippen molar-refractivity contribution >= 4 is 16.9 Å². The number of hydrogen-bond donors (Lipinski definition) is 2. The van der Waals surface area contributed by atoms with Crippen molar-refractivity contribution < 1.29 is 14.3 Å². The SMILES string of the molecule is COc1cc(CCC(=O)N[C@@H](C)c2nc3ccccc3[nH]2)cc(OC)c1. The van der Waals surface area contributed by atoms with Crippen LogP contribution in [0.4, 0.5) is 0 Å². The molecule has 2 N–H and O–H groups in total. The molecule has 1 aromatic heterocycles. The minimum atomic E-state index is -0.185. The number of nitrogens with one attached hydrogen (secondary N) is 2. The number of carbonyl (C=O) groups is 1. The lowest BCUT2D eigenvalue weighted by molar-refractivity contribution is -0.121. The smallest absolute Gasteiger partial charge is 0.220 e. The second-order valence-electron chi connectivity index (χ2n) is 6.15. The van der Waals surface area contributed by atoms with Crippen molar-refractivity contribution in [3.8, 4) is 11.5 Å². The standard InChI is InChI=1S/C20H23N3O3/c1-13(20-22-17-6-4-5-7-18(17)23-20)21-19(24)9-8-14-10-15(25-2)12-16(11-14)26-3/h4-7,10-13H,8-9H2,1-3H3,(H,21,24)(H,22,23)/t13-/m0/s1. The summed E-state index contributed by atoms with van der Waals surface area (Å²) in [5, 5.41) is 2.99. The third-order valence-electron chi connectivity index (χ3n) is 4.25. The van der Waals surface area contributed by atoms with Gasteiger partial charge >= 0.3 is 0 Å². The van der Waals surface area contributed by atoms with Gasteiger partial charge in [0.2, 0.25) is 5.91 Å². The topological polar surface area (TPSA) is 76.2 Å². The summed E-state index contributed by atoms with van der Waals surface area (Å²) in [6, 6.07) is 13.3. The number of nitrogens with zero attached hydrogens (tertiary/aromatic N) is 1. The maximum absolute atomic E-state index is 12.3. The Morgan fingerprint density at radius 1 is 1.15 bits per heavy atom. The summed E-state index contributed by atoms with van der Waals surface area (Å²) in [5.74, 6) is 2.16. The van der Waals surface area contributed by atoms with Gasteiger partial charge in [-0.2, -0.15) is 0 Å². The van der Waals surface area contributed by atoms with Crippen LogP contribution in [0.3, 0.4) is 0 Å². The van der Waals surface area contributed by atoms with Crippen molar-refractivity contribution in [2.75, 3.05) is 14.2 Å². The molecule has 0 saturated carbocycles. The maximum atomic E-state index is 12.3. The fourth-order valence-electron chi connectivity index (χ4n) is 2.83. The van der Waals surface area contributed by atoms with Crippen molar-refractivity contribution in [3.63, 3.8) is 0 Å². The van der Waals surface area contributed by atoms with Crippen LogP contribution in [0.15, 0.2) is 42.5 Å². The van der Waals surface area contributed by atoms with E-state index in [0.29, 0.717) is 12.8 Å². The van der Waals surface area contributed by atoms with Crippen LogP contribution >= 0.6 is 0 Å². The third-order valence-corrected chi connectivity index (χ3v) is 4.25. The van der Waals surface area contributed by atoms with E-state index in [0.717, 1.165) is 33.9 Å². The molecule has 26 heavy (non-hydrogen) atoms. The molecule has 1 atom stereocenters. The average molecular weight is 353 g/mol. The molecule has 0 bridgehead atoms. The Balaban J connectivity index is 1.60. The molecule has 6 heteroatoms. The number of imidazole rings is 1. The molecule has 6 nitrogen and oxygen atoms in total. The number of aryl methyl sites for hydroxylation is 1. The molecular formula is C20H23N3O3. The van der Waals surface area contributed by atoms with E-state index in [1.165, 1.54) is 0 Å². The lowest BCUT2D eigenvalue weighted by Crippen LogP contribution is -2.27. The Hall–Kier alpha value is -3.02. The summed E-state index contributed by atoms with van der Waals surface area (Å²) in [7, 11) is 3.22. The van der Waals surface area contributed by atoms with Crippen molar-refractivity contribution in [2.24, 2.45) is 0 Å². The van der Waals surface area contributed by atoms with Crippen LogP contribution in [-0.4, -0.2) is 30.1 Å². The first-order valence-electron chi connectivity index (χ1n) is 8.55. The number of para-hydroxylation sites is 2. The van der Waals surface area contributed by atoms with Crippen molar-refractivity contribution in [2.45, 2.75) is 25.8 Å². The number of methoxy groups -OCH3 is 2. The molecule has 0 unspecified atom stereocenters. The van der Waals surface area contributed by atoms with E-state index in [4.69, 9.17) is 9.47 Å². The number of fused-ring (bicyclic) bond motifs is 1. The Kier molecular flexibility index (Phi) is 5.41. The third kappa shape index (κ3) is 4.14. The van der Waals surface area contributed by atoms with Crippen molar-refractivity contribution in [1.29, 1.82) is 0 Å². The van der Waals surface area contributed by atoms with E-state index in [-0.39, 0.29) is 11.9 Å². The van der Waals surface area contributed by atoms with Crippen LogP contribution in [0.1, 0.15) is 30.8 Å². The largest absolute Gasteiger partial charge is 0.497 e. The zero-order valence-electron chi connectivity index (χ0n) is 15.2. The van der Waals surface area contributed by atoms with Gasteiger partial charge in [-0.1, -0.05) is 12.1 Å². The number of ether oxygens (including phenoxy) is 2. The zero-order chi connectivity index (χ0) is 18.5. The van der Waals surface area contributed by atoms with E-state index < -0.39 is 0 Å². The highest BCUT2D eigenvalue weighted by molar-refractivity contribution is 5.77. The maximum Gasteiger partial charge on any atom is 0.220 e. The molecule has 136 valence electrons. The number of aromatic nitrogens is 2. The minimum Gasteiger partial charge on any atom is -0.497 e. The first kappa shape index (κ1) is 17.8. The Labute approximate surface area is 152 Å². The molecule has 3 rings (SSSR count). The van der Waals surface area contributed by atoms with Crippen LogP contribution < -0.4 is 14.8 Å². The Morgan fingerprint density at radius 3 is 2.50 bits per heavy atom. The van der Waals surface area contributed by atoms with Crippen LogP contribution in [0.2, 0.25) is 0 Å². The number of aromatic amines is 1. The molecule has 0 spiro atoms. The summed E-state index contributed by atoms with van der Waals surface area (Å²) < 4.78 is 10.5. The summed E-state index contributed by atoms with van der Waals surface area (Å²) in [5.41, 5.74) is 2.85. The summed E-state index contributed by atoms with van der Waals surface area (Å²) in [6.45, 7) is 1.92. The van der Waals surface area contributed by atoms with Crippen molar-refractivity contribution in [3.05, 3.63) is 53.9 Å². The summed E-state index contributed by atoms with van der Waals surface area (Å²) >= 11 is 0. The fourth-order valence-corrected chi connectivity index (χ4v) is 2.83. The van der Waals surface area contributed by atoms with Gasteiger partial charge in [0.15, 0.2) is 0 Å². The predicted molar refractivity (Wildman–Crippen MR) is 101 cm³/mol. The van der Waals surface area contributed by atoms with Gasteiger partial charge < -0.3 is 19.8 Å². The van der Waals surface area contributed by atoms with Crippen LogP contribution in [0, 0.1) is 0 Å².